The Hall–Kier alpha value is -2.19. The Kier molecular flexibility index (Phi) is 6.77. The molecule has 2 heterocycles. The van der Waals surface area contributed by atoms with E-state index in [0.29, 0.717) is 28.2 Å². The average molecular weight is 474 g/mol. The van der Waals surface area contributed by atoms with Crippen molar-refractivity contribution in [2.45, 2.75) is 13.3 Å². The van der Waals surface area contributed by atoms with E-state index in [-0.39, 0.29) is 5.91 Å². The number of ether oxygens (including phenoxy) is 1. The molecular formula is C23H24ClN3O2S2. The summed E-state index contributed by atoms with van der Waals surface area (Å²) in [7, 11) is 4.06. The van der Waals surface area contributed by atoms with Crippen molar-refractivity contribution in [3.8, 4) is 5.75 Å². The van der Waals surface area contributed by atoms with Crippen molar-refractivity contribution in [3.63, 3.8) is 0 Å². The summed E-state index contributed by atoms with van der Waals surface area (Å²) in [5, 5.41) is 2.11. The lowest BCUT2D eigenvalue weighted by atomic mass is 10.2. The number of hydrogen-bond donors (Lipinski definition) is 0. The highest BCUT2D eigenvalue weighted by atomic mass is 35.5. The fourth-order valence-electron chi connectivity index (χ4n) is 3.37. The zero-order valence-electron chi connectivity index (χ0n) is 17.7. The number of halogens is 1. The van der Waals surface area contributed by atoms with Crippen LogP contribution in [0.15, 0.2) is 42.5 Å². The van der Waals surface area contributed by atoms with Crippen LogP contribution in [-0.2, 0) is 0 Å². The first-order chi connectivity index (χ1) is 15.0. The fraction of sp³-hybridized carbons (Fsp3) is 0.304. The minimum Gasteiger partial charge on any atom is -0.494 e. The topological polar surface area (TPSA) is 45.7 Å². The number of aromatic nitrogens is 1. The van der Waals surface area contributed by atoms with Gasteiger partial charge in [0.1, 0.15) is 10.6 Å². The Morgan fingerprint density at radius 3 is 2.65 bits per heavy atom. The number of benzene rings is 2. The highest BCUT2D eigenvalue weighted by Gasteiger charge is 2.26. The van der Waals surface area contributed by atoms with Crippen molar-refractivity contribution >= 4 is 65.6 Å². The van der Waals surface area contributed by atoms with E-state index in [9.17, 15) is 4.79 Å². The molecule has 0 aliphatic carbocycles. The molecular weight excluding hydrogens is 450 g/mol. The van der Waals surface area contributed by atoms with Crippen LogP contribution in [0.1, 0.15) is 23.0 Å². The molecule has 0 bridgehead atoms. The van der Waals surface area contributed by atoms with Gasteiger partial charge in [-0.2, -0.15) is 0 Å². The SMILES string of the molecule is CCOc1ccc2nc(N(CCCN(C)C)C(=O)c3sc4ccccc4c3Cl)sc2c1. The summed E-state index contributed by atoms with van der Waals surface area (Å²) in [5.74, 6) is 0.706. The number of carbonyl (C=O) groups is 1. The number of carbonyl (C=O) groups excluding carboxylic acids is 1. The summed E-state index contributed by atoms with van der Waals surface area (Å²) in [6.07, 6.45) is 0.835. The maximum absolute atomic E-state index is 13.6. The van der Waals surface area contributed by atoms with Crippen molar-refractivity contribution in [1.29, 1.82) is 0 Å². The Labute approximate surface area is 194 Å². The molecule has 0 saturated heterocycles. The summed E-state index contributed by atoms with van der Waals surface area (Å²) >= 11 is 9.56. The third kappa shape index (κ3) is 4.70. The molecule has 162 valence electrons. The van der Waals surface area contributed by atoms with Crippen LogP contribution >= 0.6 is 34.3 Å². The molecule has 0 saturated carbocycles. The standard InChI is InChI=1S/C23H24ClN3O2S2/c1-4-29-15-10-11-17-19(14-15)31-23(25-17)27(13-7-12-26(2)3)22(28)21-20(24)16-8-5-6-9-18(16)30-21/h5-6,8-11,14H,4,7,12-13H2,1-3H3. The zero-order chi connectivity index (χ0) is 22.0. The van der Waals surface area contributed by atoms with Gasteiger partial charge in [-0.05, 0) is 58.3 Å². The van der Waals surface area contributed by atoms with Gasteiger partial charge >= 0.3 is 0 Å². The van der Waals surface area contributed by atoms with Crippen molar-refractivity contribution < 1.29 is 9.53 Å². The van der Waals surface area contributed by atoms with Gasteiger partial charge in [0.05, 0.1) is 21.8 Å². The predicted octanol–water partition coefficient (Wildman–Crippen LogP) is 6.16. The molecule has 0 atom stereocenters. The monoisotopic (exact) mass is 473 g/mol. The van der Waals surface area contributed by atoms with Gasteiger partial charge in [0, 0.05) is 16.6 Å². The van der Waals surface area contributed by atoms with E-state index in [1.807, 2.05) is 63.5 Å². The third-order valence-electron chi connectivity index (χ3n) is 4.85. The molecule has 0 N–H and O–H groups in total. The molecule has 4 aromatic rings. The molecule has 8 heteroatoms. The summed E-state index contributed by atoms with van der Waals surface area (Å²) in [6, 6.07) is 13.7. The van der Waals surface area contributed by atoms with E-state index in [1.165, 1.54) is 22.7 Å². The zero-order valence-corrected chi connectivity index (χ0v) is 20.1. The van der Waals surface area contributed by atoms with Crippen molar-refractivity contribution in [3.05, 3.63) is 52.4 Å². The largest absolute Gasteiger partial charge is 0.494 e. The molecule has 0 aliphatic heterocycles. The predicted molar refractivity (Wildman–Crippen MR) is 132 cm³/mol. The molecule has 5 nitrogen and oxygen atoms in total. The van der Waals surface area contributed by atoms with Crippen LogP contribution in [0.4, 0.5) is 5.13 Å². The highest BCUT2D eigenvalue weighted by Crippen LogP contribution is 2.38. The summed E-state index contributed by atoms with van der Waals surface area (Å²) in [5.41, 5.74) is 0.858. The van der Waals surface area contributed by atoms with Crippen molar-refractivity contribution in [2.24, 2.45) is 0 Å². The number of nitrogens with zero attached hydrogens (tertiary/aromatic N) is 3. The van der Waals surface area contributed by atoms with E-state index in [0.717, 1.165) is 39.0 Å². The molecule has 0 fully saturated rings. The van der Waals surface area contributed by atoms with E-state index >= 15 is 0 Å². The first-order valence-corrected chi connectivity index (χ1v) is 12.2. The van der Waals surface area contributed by atoms with E-state index < -0.39 is 0 Å². The van der Waals surface area contributed by atoms with Gasteiger partial charge in [0.15, 0.2) is 5.13 Å². The highest BCUT2D eigenvalue weighted by molar-refractivity contribution is 7.23. The fourth-order valence-corrected chi connectivity index (χ4v) is 5.85. The van der Waals surface area contributed by atoms with Gasteiger partial charge < -0.3 is 9.64 Å². The van der Waals surface area contributed by atoms with Crippen LogP contribution in [0, 0.1) is 0 Å². The second-order valence-electron chi connectivity index (χ2n) is 7.41. The van der Waals surface area contributed by atoms with Crippen molar-refractivity contribution in [2.75, 3.05) is 38.7 Å². The second kappa shape index (κ2) is 9.53. The maximum Gasteiger partial charge on any atom is 0.271 e. The van der Waals surface area contributed by atoms with Crippen LogP contribution in [0.2, 0.25) is 5.02 Å². The first-order valence-electron chi connectivity index (χ1n) is 10.1. The minimum absolute atomic E-state index is 0.103. The van der Waals surface area contributed by atoms with Crippen molar-refractivity contribution in [1.82, 2.24) is 9.88 Å². The van der Waals surface area contributed by atoms with E-state index in [2.05, 4.69) is 4.90 Å². The van der Waals surface area contributed by atoms with E-state index in [1.54, 1.807) is 4.90 Å². The van der Waals surface area contributed by atoms with Crippen LogP contribution in [0.5, 0.6) is 5.75 Å². The molecule has 4 rings (SSSR count). The second-order valence-corrected chi connectivity index (χ2v) is 9.85. The van der Waals surface area contributed by atoms with E-state index in [4.69, 9.17) is 21.3 Å². The van der Waals surface area contributed by atoms with Gasteiger partial charge in [0.25, 0.3) is 5.91 Å². The van der Waals surface area contributed by atoms with Gasteiger partial charge in [-0.15, -0.1) is 11.3 Å². The Bertz CT molecular complexity index is 1220. The van der Waals surface area contributed by atoms with Crippen LogP contribution in [0.3, 0.4) is 0 Å². The number of thiophene rings is 1. The molecule has 31 heavy (non-hydrogen) atoms. The molecule has 0 aliphatic rings. The normalized spacial score (nSPS) is 11.5. The molecule has 0 radical (unpaired) electrons. The average Bonchev–Trinajstić information content (AvgIpc) is 3.32. The summed E-state index contributed by atoms with van der Waals surface area (Å²) < 4.78 is 7.62. The number of thiazole rings is 1. The Morgan fingerprint density at radius 2 is 1.90 bits per heavy atom. The molecule has 0 unspecified atom stereocenters. The smallest absolute Gasteiger partial charge is 0.271 e. The number of rotatable bonds is 8. The first kappa shape index (κ1) is 22.0. The number of amides is 1. The Balaban J connectivity index is 1.71. The number of anilines is 1. The number of hydrogen-bond acceptors (Lipinski definition) is 6. The lowest BCUT2D eigenvalue weighted by Gasteiger charge is -2.20. The Morgan fingerprint density at radius 1 is 1.10 bits per heavy atom. The van der Waals surface area contributed by atoms with Gasteiger partial charge in [0.2, 0.25) is 0 Å². The third-order valence-corrected chi connectivity index (χ3v) is 7.56. The molecule has 1 amide bonds. The van der Waals surface area contributed by atoms with Gasteiger partial charge in [-0.25, -0.2) is 4.98 Å². The maximum atomic E-state index is 13.6. The lowest BCUT2D eigenvalue weighted by Crippen LogP contribution is -2.33. The van der Waals surface area contributed by atoms with Crippen LogP contribution in [0.25, 0.3) is 20.3 Å². The van der Waals surface area contributed by atoms with Crippen LogP contribution < -0.4 is 9.64 Å². The summed E-state index contributed by atoms with van der Waals surface area (Å²) in [4.78, 5) is 22.8. The molecule has 2 aromatic heterocycles. The van der Waals surface area contributed by atoms with Crippen LogP contribution in [-0.4, -0.2) is 49.6 Å². The minimum atomic E-state index is -0.103. The lowest BCUT2D eigenvalue weighted by molar-refractivity contribution is 0.0990. The summed E-state index contributed by atoms with van der Waals surface area (Å²) in [6.45, 7) is 4.02. The van der Waals surface area contributed by atoms with Gasteiger partial charge in [-0.3, -0.25) is 9.69 Å². The quantitative estimate of drug-likeness (QED) is 0.307. The number of fused-ring (bicyclic) bond motifs is 2. The molecule has 2 aromatic carbocycles. The molecule has 0 spiro atoms. The van der Waals surface area contributed by atoms with Gasteiger partial charge in [-0.1, -0.05) is 41.1 Å².